The highest BCUT2D eigenvalue weighted by Crippen LogP contribution is 2.14. The van der Waals surface area contributed by atoms with Crippen molar-refractivity contribution in [1.82, 2.24) is 5.32 Å². The summed E-state index contributed by atoms with van der Waals surface area (Å²) in [5, 5.41) is 12.8. The Morgan fingerprint density at radius 2 is 2.29 bits per heavy atom. The molecular weight excluding hydrogens is 218 g/mol. The molecule has 1 heterocycles. The Bertz CT molecular complexity index is 205. The second-order valence-corrected chi connectivity index (χ2v) is 5.57. The fourth-order valence-electron chi connectivity index (χ4n) is 2.16. The van der Waals surface area contributed by atoms with Crippen LogP contribution in [0.3, 0.4) is 0 Å². The number of hydrogen-bond donors (Lipinski definition) is 2. The third-order valence-corrected chi connectivity index (χ3v) is 3.16. The van der Waals surface area contributed by atoms with Gasteiger partial charge in [0.2, 0.25) is 0 Å². The Kier molecular flexibility index (Phi) is 6.41. The first-order valence-corrected chi connectivity index (χ1v) is 6.60. The van der Waals surface area contributed by atoms with Gasteiger partial charge in [0, 0.05) is 30.7 Å². The van der Waals surface area contributed by atoms with E-state index in [0.29, 0.717) is 18.6 Å². The van der Waals surface area contributed by atoms with E-state index in [2.05, 4.69) is 19.2 Å². The van der Waals surface area contributed by atoms with Crippen LogP contribution in [0.1, 0.15) is 33.6 Å². The lowest BCUT2D eigenvalue weighted by atomic mass is 9.98. The molecule has 0 spiro atoms. The normalized spacial score (nSPS) is 24.2. The van der Waals surface area contributed by atoms with E-state index in [4.69, 9.17) is 9.47 Å². The van der Waals surface area contributed by atoms with Gasteiger partial charge in [-0.05, 0) is 19.8 Å². The van der Waals surface area contributed by atoms with Crippen molar-refractivity contribution in [2.24, 2.45) is 5.92 Å². The molecule has 0 bridgehead atoms. The number of aliphatic hydroxyl groups is 1. The summed E-state index contributed by atoms with van der Waals surface area (Å²) >= 11 is 0. The van der Waals surface area contributed by atoms with Gasteiger partial charge < -0.3 is 19.9 Å². The van der Waals surface area contributed by atoms with Crippen LogP contribution in [0.5, 0.6) is 0 Å². The van der Waals surface area contributed by atoms with Gasteiger partial charge >= 0.3 is 0 Å². The van der Waals surface area contributed by atoms with Gasteiger partial charge in [-0.2, -0.15) is 0 Å². The van der Waals surface area contributed by atoms with Gasteiger partial charge in [0.05, 0.1) is 19.8 Å². The number of rotatable bonds is 8. The van der Waals surface area contributed by atoms with E-state index >= 15 is 0 Å². The molecule has 0 aromatic heterocycles. The first kappa shape index (κ1) is 14.9. The van der Waals surface area contributed by atoms with Crippen molar-refractivity contribution in [2.45, 2.75) is 45.2 Å². The lowest BCUT2D eigenvalue weighted by Gasteiger charge is -2.31. The van der Waals surface area contributed by atoms with Crippen LogP contribution in [-0.4, -0.2) is 49.7 Å². The van der Waals surface area contributed by atoms with Crippen LogP contribution in [0.4, 0.5) is 0 Å². The zero-order valence-corrected chi connectivity index (χ0v) is 11.4. The Balaban J connectivity index is 2.13. The third-order valence-electron chi connectivity index (χ3n) is 3.16. The molecule has 1 rings (SSSR count). The molecule has 1 aliphatic rings. The second-order valence-electron chi connectivity index (χ2n) is 5.57. The van der Waals surface area contributed by atoms with Crippen LogP contribution in [0.2, 0.25) is 0 Å². The zero-order valence-electron chi connectivity index (χ0n) is 11.4. The van der Waals surface area contributed by atoms with Crippen molar-refractivity contribution in [2.75, 3.05) is 33.0 Å². The molecule has 17 heavy (non-hydrogen) atoms. The molecule has 0 saturated carbocycles. The van der Waals surface area contributed by atoms with Gasteiger partial charge in [0.25, 0.3) is 0 Å². The van der Waals surface area contributed by atoms with Crippen LogP contribution in [0.25, 0.3) is 0 Å². The monoisotopic (exact) mass is 245 g/mol. The molecule has 0 amide bonds. The Morgan fingerprint density at radius 1 is 1.53 bits per heavy atom. The summed E-state index contributed by atoms with van der Waals surface area (Å²) < 4.78 is 11.0. The number of aliphatic hydroxyl groups excluding tert-OH is 1. The summed E-state index contributed by atoms with van der Waals surface area (Å²) in [6.07, 6.45) is 1.94. The highest BCUT2D eigenvalue weighted by molar-refractivity contribution is 4.83. The van der Waals surface area contributed by atoms with Crippen LogP contribution >= 0.6 is 0 Å². The molecule has 2 atom stereocenters. The fraction of sp³-hybridized carbons (Fsp3) is 1.00. The van der Waals surface area contributed by atoms with Crippen molar-refractivity contribution < 1.29 is 14.6 Å². The van der Waals surface area contributed by atoms with E-state index < -0.39 is 0 Å². The van der Waals surface area contributed by atoms with E-state index in [-0.39, 0.29) is 12.1 Å². The molecule has 2 unspecified atom stereocenters. The molecule has 2 N–H and O–H groups in total. The largest absolute Gasteiger partial charge is 0.394 e. The van der Waals surface area contributed by atoms with Crippen molar-refractivity contribution in [1.29, 1.82) is 0 Å². The second kappa shape index (κ2) is 7.31. The van der Waals surface area contributed by atoms with Gasteiger partial charge in [-0.25, -0.2) is 0 Å². The number of hydrogen-bond acceptors (Lipinski definition) is 4. The van der Waals surface area contributed by atoms with Crippen LogP contribution < -0.4 is 5.32 Å². The smallest absolute Gasteiger partial charge is 0.0611 e. The minimum absolute atomic E-state index is 0.140. The van der Waals surface area contributed by atoms with Gasteiger partial charge in [0.1, 0.15) is 0 Å². The van der Waals surface area contributed by atoms with E-state index in [9.17, 15) is 5.11 Å². The third kappa shape index (κ3) is 5.82. The lowest BCUT2D eigenvalue weighted by molar-refractivity contribution is 0.0602. The van der Waals surface area contributed by atoms with E-state index in [0.717, 1.165) is 32.7 Å². The minimum atomic E-state index is -0.236. The van der Waals surface area contributed by atoms with Gasteiger partial charge in [-0.3, -0.25) is 0 Å². The maximum absolute atomic E-state index is 9.41. The quantitative estimate of drug-likeness (QED) is 0.631. The highest BCUT2D eigenvalue weighted by Gasteiger charge is 2.24. The van der Waals surface area contributed by atoms with Crippen molar-refractivity contribution in [3.8, 4) is 0 Å². The van der Waals surface area contributed by atoms with Crippen LogP contribution in [-0.2, 0) is 9.47 Å². The lowest BCUT2D eigenvalue weighted by Crippen LogP contribution is -2.49. The molecule has 0 aromatic carbocycles. The van der Waals surface area contributed by atoms with E-state index in [1.807, 2.05) is 6.92 Å². The Labute approximate surface area is 105 Å². The van der Waals surface area contributed by atoms with Gasteiger partial charge in [-0.15, -0.1) is 0 Å². The fourth-order valence-corrected chi connectivity index (χ4v) is 2.16. The summed E-state index contributed by atoms with van der Waals surface area (Å²) in [6, 6.07) is 0.371. The zero-order chi connectivity index (χ0) is 12.7. The van der Waals surface area contributed by atoms with Crippen LogP contribution in [0, 0.1) is 5.92 Å². The van der Waals surface area contributed by atoms with E-state index in [1.165, 1.54) is 0 Å². The highest BCUT2D eigenvalue weighted by atomic mass is 16.5. The number of nitrogens with one attached hydrogen (secondary N) is 1. The molecular formula is C13H27NO3. The average Bonchev–Trinajstić information content (AvgIpc) is 2.76. The maximum atomic E-state index is 9.41. The summed E-state index contributed by atoms with van der Waals surface area (Å²) in [4.78, 5) is 0. The van der Waals surface area contributed by atoms with E-state index in [1.54, 1.807) is 0 Å². The first-order valence-electron chi connectivity index (χ1n) is 6.60. The predicted molar refractivity (Wildman–Crippen MR) is 68.1 cm³/mol. The van der Waals surface area contributed by atoms with Crippen molar-refractivity contribution >= 4 is 0 Å². The molecule has 1 aliphatic heterocycles. The summed E-state index contributed by atoms with van der Waals surface area (Å²) in [5.74, 6) is 0.563. The Morgan fingerprint density at radius 3 is 2.82 bits per heavy atom. The SMILES string of the molecule is CC(C)NC(C)(CO)CCOCC1CCOC1. The average molecular weight is 245 g/mol. The summed E-state index contributed by atoms with van der Waals surface area (Å²) in [7, 11) is 0. The molecule has 4 heteroatoms. The molecule has 4 nitrogen and oxygen atoms in total. The summed E-state index contributed by atoms with van der Waals surface area (Å²) in [5.41, 5.74) is -0.236. The standard InChI is InChI=1S/C13H27NO3/c1-11(2)14-13(3,10-15)5-7-17-9-12-4-6-16-8-12/h11-12,14-15H,4-10H2,1-3H3. The minimum Gasteiger partial charge on any atom is -0.394 e. The molecule has 0 aliphatic carbocycles. The number of ether oxygens (including phenoxy) is 2. The molecule has 0 radical (unpaired) electrons. The first-order chi connectivity index (χ1) is 8.06. The van der Waals surface area contributed by atoms with Gasteiger partial charge in [0.15, 0.2) is 0 Å². The Hall–Kier alpha value is -0.160. The van der Waals surface area contributed by atoms with Crippen molar-refractivity contribution in [3.63, 3.8) is 0 Å². The van der Waals surface area contributed by atoms with Crippen LogP contribution in [0.15, 0.2) is 0 Å². The summed E-state index contributed by atoms with van der Waals surface area (Å²) in [6.45, 7) is 9.53. The topological polar surface area (TPSA) is 50.7 Å². The maximum Gasteiger partial charge on any atom is 0.0611 e. The molecule has 102 valence electrons. The predicted octanol–water partition coefficient (Wildman–Crippen LogP) is 1.18. The molecule has 0 aromatic rings. The molecule has 1 fully saturated rings. The van der Waals surface area contributed by atoms with Crippen molar-refractivity contribution in [3.05, 3.63) is 0 Å². The van der Waals surface area contributed by atoms with Gasteiger partial charge in [-0.1, -0.05) is 13.8 Å². The molecule has 1 saturated heterocycles.